The minimum absolute atomic E-state index is 0.186. The summed E-state index contributed by atoms with van der Waals surface area (Å²) >= 11 is 0. The van der Waals surface area contributed by atoms with Gasteiger partial charge in [0.25, 0.3) is 0 Å². The Morgan fingerprint density at radius 2 is 2.47 bits per heavy atom. The van der Waals surface area contributed by atoms with E-state index in [9.17, 15) is 4.79 Å². The van der Waals surface area contributed by atoms with E-state index in [1.54, 1.807) is 4.68 Å². The first-order valence-corrected chi connectivity index (χ1v) is 6.32. The molecule has 0 N–H and O–H groups in total. The van der Waals surface area contributed by atoms with Crippen LogP contribution in [0.15, 0.2) is 6.07 Å². The van der Waals surface area contributed by atoms with Gasteiger partial charge in [-0.1, -0.05) is 0 Å². The van der Waals surface area contributed by atoms with Crippen molar-refractivity contribution in [1.29, 1.82) is 0 Å². The summed E-state index contributed by atoms with van der Waals surface area (Å²) in [5.74, 6) is 0.186. The first-order chi connectivity index (χ1) is 8.16. The van der Waals surface area contributed by atoms with Crippen molar-refractivity contribution in [1.82, 2.24) is 9.78 Å². The molecule has 0 aliphatic carbocycles. The molecular formula is C13H20N2O2. The van der Waals surface area contributed by atoms with Gasteiger partial charge in [0.15, 0.2) is 5.78 Å². The summed E-state index contributed by atoms with van der Waals surface area (Å²) in [4.78, 5) is 12.0. The smallest absolute Gasteiger partial charge is 0.180 e. The van der Waals surface area contributed by atoms with Crippen LogP contribution in [0.1, 0.15) is 48.3 Å². The van der Waals surface area contributed by atoms with Crippen molar-refractivity contribution in [3.63, 3.8) is 0 Å². The van der Waals surface area contributed by atoms with Crippen molar-refractivity contribution in [2.24, 2.45) is 7.05 Å². The largest absolute Gasteiger partial charge is 0.378 e. The van der Waals surface area contributed by atoms with Crippen molar-refractivity contribution >= 4 is 5.78 Å². The van der Waals surface area contributed by atoms with Crippen LogP contribution in [0.25, 0.3) is 0 Å². The van der Waals surface area contributed by atoms with Crippen LogP contribution >= 0.6 is 0 Å². The fourth-order valence-electron chi connectivity index (χ4n) is 2.36. The second-order valence-corrected chi connectivity index (χ2v) is 4.74. The van der Waals surface area contributed by atoms with E-state index in [1.807, 2.05) is 20.0 Å². The van der Waals surface area contributed by atoms with Gasteiger partial charge in [0, 0.05) is 20.1 Å². The van der Waals surface area contributed by atoms with E-state index in [0.29, 0.717) is 12.5 Å². The number of carbonyl (C=O) groups is 1. The van der Waals surface area contributed by atoms with Crippen LogP contribution in [0.4, 0.5) is 0 Å². The number of rotatable bonds is 5. The molecule has 0 radical (unpaired) electrons. The van der Waals surface area contributed by atoms with E-state index < -0.39 is 0 Å². The molecule has 4 heteroatoms. The Hall–Kier alpha value is -1.16. The number of Topliss-reactive ketones (excluding diaryl/α,β-unsaturated/α-hetero) is 1. The highest BCUT2D eigenvalue weighted by atomic mass is 16.5. The van der Waals surface area contributed by atoms with Crippen LogP contribution in [-0.2, 0) is 11.8 Å². The average Bonchev–Trinajstić information content (AvgIpc) is 2.88. The van der Waals surface area contributed by atoms with E-state index in [0.717, 1.165) is 37.3 Å². The van der Waals surface area contributed by atoms with Gasteiger partial charge in [0.2, 0.25) is 0 Å². The van der Waals surface area contributed by atoms with Gasteiger partial charge in [-0.3, -0.25) is 9.48 Å². The Morgan fingerprint density at radius 3 is 3.06 bits per heavy atom. The maximum Gasteiger partial charge on any atom is 0.180 e. The molecule has 4 nitrogen and oxygen atoms in total. The first kappa shape index (κ1) is 12.3. The van der Waals surface area contributed by atoms with E-state index in [2.05, 4.69) is 5.10 Å². The maximum absolute atomic E-state index is 12.0. The number of hydrogen-bond acceptors (Lipinski definition) is 3. The third-order valence-electron chi connectivity index (χ3n) is 3.24. The Labute approximate surface area is 102 Å². The number of ether oxygens (including phenoxy) is 1. The van der Waals surface area contributed by atoms with Gasteiger partial charge in [0.05, 0.1) is 11.8 Å². The van der Waals surface area contributed by atoms with Crippen molar-refractivity contribution in [3.05, 3.63) is 17.5 Å². The number of ketones is 1. The molecule has 17 heavy (non-hydrogen) atoms. The molecule has 1 aromatic heterocycles. The normalized spacial score (nSPS) is 19.8. The third-order valence-corrected chi connectivity index (χ3v) is 3.24. The molecule has 2 rings (SSSR count). The van der Waals surface area contributed by atoms with Crippen molar-refractivity contribution in [3.8, 4) is 0 Å². The van der Waals surface area contributed by atoms with Gasteiger partial charge in [-0.2, -0.15) is 5.10 Å². The van der Waals surface area contributed by atoms with E-state index in [1.165, 1.54) is 6.42 Å². The lowest BCUT2D eigenvalue weighted by molar-refractivity contribution is 0.0916. The number of hydrogen-bond donors (Lipinski definition) is 0. The quantitative estimate of drug-likeness (QED) is 0.737. The Bertz CT molecular complexity index is 392. The predicted octanol–water partition coefficient (Wildman–Crippen LogP) is 2.26. The monoisotopic (exact) mass is 236 g/mol. The van der Waals surface area contributed by atoms with Crippen LogP contribution in [0.3, 0.4) is 0 Å². The minimum atomic E-state index is 0.186. The zero-order chi connectivity index (χ0) is 12.3. The topological polar surface area (TPSA) is 44.1 Å². The Balaban J connectivity index is 1.78. The van der Waals surface area contributed by atoms with E-state index in [-0.39, 0.29) is 5.78 Å². The van der Waals surface area contributed by atoms with Crippen LogP contribution in [0.5, 0.6) is 0 Å². The highest BCUT2D eigenvalue weighted by molar-refractivity contribution is 5.94. The van der Waals surface area contributed by atoms with Gasteiger partial charge in [-0.15, -0.1) is 0 Å². The lowest BCUT2D eigenvalue weighted by atomic mass is 10.1. The van der Waals surface area contributed by atoms with Gasteiger partial charge >= 0.3 is 0 Å². The maximum atomic E-state index is 12.0. The first-order valence-electron chi connectivity index (χ1n) is 6.32. The molecule has 1 aromatic rings. The van der Waals surface area contributed by atoms with Crippen LogP contribution in [-0.4, -0.2) is 28.3 Å². The highest BCUT2D eigenvalue weighted by Crippen LogP contribution is 2.18. The second kappa shape index (κ2) is 5.45. The molecular weight excluding hydrogens is 216 g/mol. The fraction of sp³-hybridized carbons (Fsp3) is 0.692. The summed E-state index contributed by atoms with van der Waals surface area (Å²) in [6.45, 7) is 2.79. The Kier molecular flexibility index (Phi) is 3.94. The number of carbonyl (C=O) groups excluding carboxylic acids is 1. The molecule has 0 spiro atoms. The Morgan fingerprint density at radius 1 is 1.65 bits per heavy atom. The van der Waals surface area contributed by atoms with Gasteiger partial charge in [0.1, 0.15) is 5.69 Å². The second-order valence-electron chi connectivity index (χ2n) is 4.74. The van der Waals surface area contributed by atoms with Gasteiger partial charge in [-0.25, -0.2) is 0 Å². The van der Waals surface area contributed by atoms with Crippen molar-refractivity contribution in [2.45, 2.75) is 45.1 Å². The van der Waals surface area contributed by atoms with Gasteiger partial charge in [-0.05, 0) is 38.7 Å². The lowest BCUT2D eigenvalue weighted by Gasteiger charge is -2.08. The fourth-order valence-corrected chi connectivity index (χ4v) is 2.36. The molecule has 0 amide bonds. The third kappa shape index (κ3) is 3.16. The molecule has 1 atom stereocenters. The molecule has 1 fully saturated rings. The van der Waals surface area contributed by atoms with Crippen LogP contribution in [0, 0.1) is 6.92 Å². The number of aromatic nitrogens is 2. The molecule has 2 heterocycles. The summed E-state index contributed by atoms with van der Waals surface area (Å²) in [6, 6.07) is 1.86. The molecule has 0 saturated carbocycles. The molecule has 1 saturated heterocycles. The molecule has 1 aliphatic heterocycles. The molecule has 0 bridgehead atoms. The summed E-state index contributed by atoms with van der Waals surface area (Å²) < 4.78 is 7.21. The van der Waals surface area contributed by atoms with E-state index >= 15 is 0 Å². The summed E-state index contributed by atoms with van der Waals surface area (Å²) in [5.41, 5.74) is 1.62. The van der Waals surface area contributed by atoms with Crippen molar-refractivity contribution in [2.75, 3.05) is 6.61 Å². The zero-order valence-corrected chi connectivity index (χ0v) is 10.6. The number of aryl methyl sites for hydroxylation is 2. The predicted molar refractivity (Wildman–Crippen MR) is 65.1 cm³/mol. The molecule has 0 aromatic carbocycles. The average molecular weight is 236 g/mol. The number of nitrogens with zero attached hydrogens (tertiary/aromatic N) is 2. The summed E-state index contributed by atoms with van der Waals surface area (Å²) in [7, 11) is 1.82. The SMILES string of the molecule is Cc1cc(C(=O)CCCC2CCCO2)n(C)n1. The summed E-state index contributed by atoms with van der Waals surface area (Å²) in [5, 5.41) is 4.19. The summed E-state index contributed by atoms with van der Waals surface area (Å²) in [6.07, 6.45) is 5.21. The zero-order valence-electron chi connectivity index (χ0n) is 10.6. The molecule has 94 valence electrons. The molecule has 1 unspecified atom stereocenters. The molecule has 1 aliphatic rings. The minimum Gasteiger partial charge on any atom is -0.378 e. The van der Waals surface area contributed by atoms with Crippen molar-refractivity contribution < 1.29 is 9.53 Å². The van der Waals surface area contributed by atoms with E-state index in [4.69, 9.17) is 4.74 Å². The van der Waals surface area contributed by atoms with Crippen LogP contribution in [0.2, 0.25) is 0 Å². The van der Waals surface area contributed by atoms with Crippen LogP contribution < -0.4 is 0 Å². The van der Waals surface area contributed by atoms with Gasteiger partial charge < -0.3 is 4.74 Å². The highest BCUT2D eigenvalue weighted by Gasteiger charge is 2.17. The lowest BCUT2D eigenvalue weighted by Crippen LogP contribution is -2.09. The standard InChI is InChI=1S/C13H20N2O2/c1-10-9-12(15(2)14-10)13(16)7-3-5-11-6-4-8-17-11/h9,11H,3-8H2,1-2H3.